The second-order valence-corrected chi connectivity index (χ2v) is 7.53. The van der Waals surface area contributed by atoms with Crippen molar-refractivity contribution in [3.8, 4) is 11.1 Å². The number of carbonyl (C=O) groups is 1. The molecule has 162 valence electrons. The molecule has 0 radical (unpaired) electrons. The fourth-order valence-electron chi connectivity index (χ4n) is 3.75. The number of carbonyl (C=O) groups excluding carboxylic acids is 1. The number of amides is 1. The van der Waals surface area contributed by atoms with Crippen LogP contribution in [0.5, 0.6) is 0 Å². The lowest BCUT2D eigenvalue weighted by Gasteiger charge is -2.30. The van der Waals surface area contributed by atoms with Gasteiger partial charge in [0, 0.05) is 30.9 Å². The summed E-state index contributed by atoms with van der Waals surface area (Å²) in [6.45, 7) is -2.02. The Balaban J connectivity index is 1.74. The van der Waals surface area contributed by atoms with Crippen LogP contribution >= 0.6 is 11.6 Å². The molecule has 1 aromatic carbocycles. The molecule has 0 saturated heterocycles. The summed E-state index contributed by atoms with van der Waals surface area (Å²) in [6, 6.07) is 4.71. The molecular weight excluding hydrogens is 438 g/mol. The number of pyridine rings is 1. The van der Waals surface area contributed by atoms with E-state index in [-0.39, 0.29) is 34.9 Å². The molecule has 0 atom stereocenters. The van der Waals surface area contributed by atoms with Crippen LogP contribution in [0.3, 0.4) is 0 Å². The van der Waals surface area contributed by atoms with E-state index in [4.69, 9.17) is 17.3 Å². The summed E-state index contributed by atoms with van der Waals surface area (Å²) < 4.78 is 56.0. The number of primary amides is 1. The van der Waals surface area contributed by atoms with Crippen molar-refractivity contribution in [1.29, 1.82) is 0 Å². The molecule has 0 fully saturated rings. The number of nitrogens with two attached hydrogens (primary N) is 1. The molecule has 3 heterocycles. The van der Waals surface area contributed by atoms with Crippen LogP contribution in [0.2, 0.25) is 5.02 Å². The Hall–Kier alpha value is -2.98. The van der Waals surface area contributed by atoms with Gasteiger partial charge in [0.1, 0.15) is 17.3 Å². The van der Waals surface area contributed by atoms with Gasteiger partial charge >= 0.3 is 6.55 Å². The van der Waals surface area contributed by atoms with Crippen LogP contribution in [0.15, 0.2) is 30.5 Å². The maximum absolute atomic E-state index is 14.6. The molecule has 3 aromatic rings. The van der Waals surface area contributed by atoms with Gasteiger partial charge in [0.25, 0.3) is 5.91 Å². The van der Waals surface area contributed by atoms with E-state index < -0.39 is 24.1 Å². The summed E-state index contributed by atoms with van der Waals surface area (Å²) in [4.78, 5) is 17.9. The van der Waals surface area contributed by atoms with Crippen molar-refractivity contribution in [2.24, 2.45) is 5.73 Å². The molecule has 2 N–H and O–H groups in total. The third-order valence-electron chi connectivity index (χ3n) is 5.11. The van der Waals surface area contributed by atoms with E-state index in [1.54, 1.807) is 0 Å². The molecular formula is C20H16ClF4N5O. The first kappa shape index (κ1) is 21.3. The fourth-order valence-corrected chi connectivity index (χ4v) is 3.94. The zero-order valence-electron chi connectivity index (χ0n) is 16.0. The highest BCUT2D eigenvalue weighted by atomic mass is 35.5. The number of halogens is 5. The highest BCUT2D eigenvalue weighted by Gasteiger charge is 2.27. The fraction of sp³-hybridized carbons (Fsp3) is 0.250. The van der Waals surface area contributed by atoms with Crippen LogP contribution in [0.4, 0.5) is 17.6 Å². The van der Waals surface area contributed by atoms with Gasteiger partial charge in [0.15, 0.2) is 0 Å². The second-order valence-electron chi connectivity index (χ2n) is 7.09. The zero-order chi connectivity index (χ0) is 22.3. The Kier molecular flexibility index (Phi) is 5.67. The van der Waals surface area contributed by atoms with Gasteiger partial charge in [-0.3, -0.25) is 9.69 Å². The number of rotatable bonds is 5. The lowest BCUT2D eigenvalue weighted by molar-refractivity contribution is 0.0501. The first-order valence-corrected chi connectivity index (χ1v) is 9.62. The van der Waals surface area contributed by atoms with Gasteiger partial charge in [0.2, 0.25) is 0 Å². The van der Waals surface area contributed by atoms with Crippen LogP contribution in [-0.2, 0) is 19.5 Å². The molecule has 6 nitrogen and oxygen atoms in total. The summed E-state index contributed by atoms with van der Waals surface area (Å²) in [7, 11) is 0. The van der Waals surface area contributed by atoms with Crippen LogP contribution in [0.25, 0.3) is 11.1 Å². The summed E-state index contributed by atoms with van der Waals surface area (Å²) in [6.07, 6.45) is 1.62. The Morgan fingerprint density at radius 2 is 1.94 bits per heavy atom. The number of hydrogen-bond acceptors (Lipinski definition) is 4. The van der Waals surface area contributed by atoms with Gasteiger partial charge < -0.3 is 5.73 Å². The average Bonchev–Trinajstić information content (AvgIpc) is 3.15. The second kappa shape index (κ2) is 8.27. The maximum Gasteiger partial charge on any atom is 0.333 e. The quantitative estimate of drug-likeness (QED) is 0.594. The standard InChI is InChI=1S/C20H16ClF4N5O/c21-10-5-14(22)18(15(23)6-10)13-7-16(19(26)31)28-17-9-29(4-2-12(13)17)8-11-1-3-27-30(11)20(24)25/h1,3,5-7,20H,2,4,8-9H2,(H2,26,31). The Morgan fingerprint density at radius 3 is 2.58 bits per heavy atom. The van der Waals surface area contributed by atoms with Crippen molar-refractivity contribution in [3.05, 3.63) is 69.8 Å². The summed E-state index contributed by atoms with van der Waals surface area (Å²) >= 11 is 5.72. The molecule has 1 amide bonds. The van der Waals surface area contributed by atoms with E-state index >= 15 is 0 Å². The number of aromatic nitrogens is 3. The third kappa shape index (κ3) is 4.13. The minimum Gasteiger partial charge on any atom is -0.364 e. The molecule has 0 spiro atoms. The van der Waals surface area contributed by atoms with Gasteiger partial charge in [-0.1, -0.05) is 11.6 Å². The largest absolute Gasteiger partial charge is 0.364 e. The molecule has 31 heavy (non-hydrogen) atoms. The molecule has 1 aliphatic rings. The highest BCUT2D eigenvalue weighted by molar-refractivity contribution is 6.30. The summed E-state index contributed by atoms with van der Waals surface area (Å²) in [5, 5.41) is 3.51. The molecule has 0 saturated carbocycles. The molecule has 0 aliphatic carbocycles. The van der Waals surface area contributed by atoms with Crippen LogP contribution in [0, 0.1) is 11.6 Å². The molecule has 11 heteroatoms. The van der Waals surface area contributed by atoms with Gasteiger partial charge in [-0.25, -0.2) is 18.4 Å². The van der Waals surface area contributed by atoms with Gasteiger partial charge in [-0.15, -0.1) is 0 Å². The lowest BCUT2D eigenvalue weighted by atomic mass is 9.92. The summed E-state index contributed by atoms with van der Waals surface area (Å²) in [5.74, 6) is -2.61. The topological polar surface area (TPSA) is 77.0 Å². The van der Waals surface area contributed by atoms with Crippen LogP contribution in [-0.4, -0.2) is 32.1 Å². The van der Waals surface area contributed by atoms with Crippen molar-refractivity contribution in [1.82, 2.24) is 19.7 Å². The minimum absolute atomic E-state index is 0.0985. The molecule has 1 aliphatic heterocycles. The van der Waals surface area contributed by atoms with Crippen LogP contribution < -0.4 is 5.73 Å². The Bertz CT molecular complexity index is 1140. The highest BCUT2D eigenvalue weighted by Crippen LogP contribution is 2.35. The monoisotopic (exact) mass is 453 g/mol. The van der Waals surface area contributed by atoms with E-state index in [9.17, 15) is 22.4 Å². The first-order chi connectivity index (χ1) is 14.7. The number of benzene rings is 1. The Labute approximate surface area is 179 Å². The molecule has 2 aromatic heterocycles. The molecule has 0 unspecified atom stereocenters. The van der Waals surface area contributed by atoms with Crippen molar-refractivity contribution >= 4 is 17.5 Å². The van der Waals surface area contributed by atoms with Crippen LogP contribution in [0.1, 0.15) is 34.0 Å². The smallest absolute Gasteiger partial charge is 0.333 e. The van der Waals surface area contributed by atoms with E-state index in [0.29, 0.717) is 34.6 Å². The summed E-state index contributed by atoms with van der Waals surface area (Å²) in [5.41, 5.74) is 6.33. The zero-order valence-corrected chi connectivity index (χ0v) is 16.7. The number of fused-ring (bicyclic) bond motifs is 1. The normalized spacial score (nSPS) is 14.1. The van der Waals surface area contributed by atoms with Crippen molar-refractivity contribution in [3.63, 3.8) is 0 Å². The molecule has 0 bridgehead atoms. The third-order valence-corrected chi connectivity index (χ3v) is 5.33. The predicted octanol–water partition coefficient (Wildman–Crippen LogP) is 3.93. The average molecular weight is 454 g/mol. The van der Waals surface area contributed by atoms with Crippen molar-refractivity contribution < 1.29 is 22.4 Å². The van der Waals surface area contributed by atoms with Crippen molar-refractivity contribution in [2.75, 3.05) is 6.54 Å². The van der Waals surface area contributed by atoms with Gasteiger partial charge in [0.05, 0.1) is 17.0 Å². The predicted molar refractivity (Wildman–Crippen MR) is 104 cm³/mol. The SMILES string of the molecule is NC(=O)c1cc(-c2c(F)cc(Cl)cc2F)c2c(n1)CN(Cc1ccnn1C(F)F)CC2. The number of hydrogen-bond donors (Lipinski definition) is 1. The maximum atomic E-state index is 14.6. The van der Waals surface area contributed by atoms with Gasteiger partial charge in [-0.05, 0) is 41.8 Å². The van der Waals surface area contributed by atoms with E-state index in [1.165, 1.54) is 18.3 Å². The Morgan fingerprint density at radius 1 is 1.23 bits per heavy atom. The van der Waals surface area contributed by atoms with E-state index in [2.05, 4.69) is 10.1 Å². The minimum atomic E-state index is -2.77. The van der Waals surface area contributed by atoms with Crippen molar-refractivity contribution in [2.45, 2.75) is 26.1 Å². The van der Waals surface area contributed by atoms with Gasteiger partial charge in [-0.2, -0.15) is 13.9 Å². The van der Waals surface area contributed by atoms with E-state index in [1.807, 2.05) is 4.90 Å². The lowest BCUT2D eigenvalue weighted by Crippen LogP contribution is -2.33. The van der Waals surface area contributed by atoms with E-state index in [0.717, 1.165) is 12.1 Å². The molecule has 4 rings (SSSR count). The number of alkyl halides is 2. The number of nitrogens with zero attached hydrogens (tertiary/aromatic N) is 4. The first-order valence-electron chi connectivity index (χ1n) is 9.25.